The SMILES string of the molecule is CN(C)c1nc(NC2CCC(CNCc3cccn3-c3cc(Cl)cc(Cl)c3)CC2)nc2ccccc12. The molecule has 0 saturated heterocycles. The second-order valence-electron chi connectivity index (χ2n) is 9.77. The highest BCUT2D eigenvalue weighted by Crippen LogP contribution is 2.28. The van der Waals surface area contributed by atoms with Crippen LogP contribution in [0.4, 0.5) is 11.8 Å². The van der Waals surface area contributed by atoms with Crippen LogP contribution in [0.15, 0.2) is 60.8 Å². The van der Waals surface area contributed by atoms with Crippen molar-refractivity contribution in [2.24, 2.45) is 5.92 Å². The second-order valence-corrected chi connectivity index (χ2v) is 10.6. The zero-order valence-electron chi connectivity index (χ0n) is 20.7. The molecule has 0 radical (unpaired) electrons. The van der Waals surface area contributed by atoms with Crippen LogP contribution in [0.2, 0.25) is 10.0 Å². The monoisotopic (exact) mass is 522 g/mol. The van der Waals surface area contributed by atoms with Gasteiger partial charge in [0.25, 0.3) is 0 Å². The number of nitrogens with zero attached hydrogens (tertiary/aromatic N) is 4. The Hall–Kier alpha value is -2.80. The predicted molar refractivity (Wildman–Crippen MR) is 151 cm³/mol. The zero-order chi connectivity index (χ0) is 25.1. The summed E-state index contributed by atoms with van der Waals surface area (Å²) in [6.07, 6.45) is 6.66. The minimum absolute atomic E-state index is 0.405. The molecular weight excluding hydrogens is 491 g/mol. The molecule has 6 nitrogen and oxygen atoms in total. The third kappa shape index (κ3) is 5.77. The first kappa shape index (κ1) is 24.9. The predicted octanol–water partition coefficient (Wildman–Crippen LogP) is 6.55. The molecule has 4 aromatic rings. The van der Waals surface area contributed by atoms with Crippen molar-refractivity contribution in [3.05, 3.63) is 76.5 Å². The van der Waals surface area contributed by atoms with E-state index in [9.17, 15) is 0 Å². The highest BCUT2D eigenvalue weighted by atomic mass is 35.5. The van der Waals surface area contributed by atoms with E-state index >= 15 is 0 Å². The number of hydrogen-bond acceptors (Lipinski definition) is 5. The largest absolute Gasteiger partial charge is 0.362 e. The van der Waals surface area contributed by atoms with Crippen LogP contribution >= 0.6 is 23.2 Å². The molecule has 1 saturated carbocycles. The quantitative estimate of drug-likeness (QED) is 0.274. The normalized spacial score (nSPS) is 17.9. The van der Waals surface area contributed by atoms with Crippen LogP contribution in [0.1, 0.15) is 31.4 Å². The topological polar surface area (TPSA) is 58.0 Å². The number of hydrogen-bond donors (Lipinski definition) is 2. The molecule has 2 aromatic heterocycles. The van der Waals surface area contributed by atoms with E-state index in [0.29, 0.717) is 22.0 Å². The molecule has 36 heavy (non-hydrogen) atoms. The lowest BCUT2D eigenvalue weighted by Gasteiger charge is -2.29. The summed E-state index contributed by atoms with van der Waals surface area (Å²) in [5.74, 6) is 2.34. The van der Waals surface area contributed by atoms with Gasteiger partial charge in [-0.15, -0.1) is 0 Å². The van der Waals surface area contributed by atoms with Crippen molar-refractivity contribution in [2.75, 3.05) is 30.9 Å². The number of halogens is 2. The molecule has 1 aliphatic carbocycles. The molecule has 0 unspecified atom stereocenters. The Bertz CT molecular complexity index is 1310. The Kier molecular flexibility index (Phi) is 7.65. The maximum absolute atomic E-state index is 6.21. The van der Waals surface area contributed by atoms with Gasteiger partial charge < -0.3 is 20.1 Å². The standard InChI is InChI=1S/C28H32Cl2N6/c1-35(2)27-25-7-3-4-8-26(25)33-28(34-27)32-22-11-9-19(10-12-22)17-31-18-23-6-5-13-36(23)24-15-20(29)14-21(30)16-24/h3-8,13-16,19,22,31H,9-12,17-18H2,1-2H3,(H,32,33,34). The summed E-state index contributed by atoms with van der Waals surface area (Å²) in [5, 5.41) is 9.63. The van der Waals surface area contributed by atoms with Gasteiger partial charge >= 0.3 is 0 Å². The molecule has 0 atom stereocenters. The maximum atomic E-state index is 6.21. The highest BCUT2D eigenvalue weighted by molar-refractivity contribution is 6.34. The number of para-hydroxylation sites is 1. The van der Waals surface area contributed by atoms with Gasteiger partial charge in [-0.2, -0.15) is 4.98 Å². The first-order valence-corrected chi connectivity index (χ1v) is 13.3. The van der Waals surface area contributed by atoms with Crippen LogP contribution in [0.5, 0.6) is 0 Å². The fraction of sp³-hybridized carbons (Fsp3) is 0.357. The molecule has 0 spiro atoms. The first-order chi connectivity index (χ1) is 17.5. The van der Waals surface area contributed by atoms with E-state index in [2.05, 4.69) is 44.4 Å². The molecule has 1 aliphatic rings. The van der Waals surface area contributed by atoms with Gasteiger partial charge in [-0.25, -0.2) is 4.98 Å². The molecule has 2 aromatic carbocycles. The smallest absolute Gasteiger partial charge is 0.225 e. The Morgan fingerprint density at radius 1 is 0.944 bits per heavy atom. The van der Waals surface area contributed by atoms with E-state index in [0.717, 1.165) is 54.3 Å². The lowest BCUT2D eigenvalue weighted by Crippen LogP contribution is -2.32. The van der Waals surface area contributed by atoms with Crippen LogP contribution in [0.25, 0.3) is 16.6 Å². The summed E-state index contributed by atoms with van der Waals surface area (Å²) in [6.45, 7) is 1.80. The van der Waals surface area contributed by atoms with Crippen LogP contribution in [0.3, 0.4) is 0 Å². The van der Waals surface area contributed by atoms with Crippen molar-refractivity contribution in [1.29, 1.82) is 0 Å². The van der Waals surface area contributed by atoms with Crippen LogP contribution < -0.4 is 15.5 Å². The van der Waals surface area contributed by atoms with Crippen LogP contribution in [0, 0.1) is 5.92 Å². The summed E-state index contributed by atoms with van der Waals surface area (Å²) in [5.41, 5.74) is 3.14. The van der Waals surface area contributed by atoms with Crippen molar-refractivity contribution in [3.8, 4) is 5.69 Å². The van der Waals surface area contributed by atoms with Gasteiger partial charge in [0.05, 0.1) is 5.52 Å². The number of rotatable bonds is 8. The Morgan fingerprint density at radius 3 is 2.44 bits per heavy atom. The Balaban J connectivity index is 1.13. The summed E-state index contributed by atoms with van der Waals surface area (Å²) < 4.78 is 2.14. The zero-order valence-corrected chi connectivity index (χ0v) is 22.2. The number of fused-ring (bicyclic) bond motifs is 1. The number of benzene rings is 2. The number of anilines is 2. The Labute approximate surface area is 222 Å². The summed E-state index contributed by atoms with van der Waals surface area (Å²) in [4.78, 5) is 11.6. The summed E-state index contributed by atoms with van der Waals surface area (Å²) >= 11 is 12.4. The fourth-order valence-electron chi connectivity index (χ4n) is 5.05. The Morgan fingerprint density at radius 2 is 1.69 bits per heavy atom. The lowest BCUT2D eigenvalue weighted by molar-refractivity contribution is 0.323. The molecular formula is C28H32Cl2N6. The van der Waals surface area contributed by atoms with E-state index in [1.165, 1.54) is 18.5 Å². The van der Waals surface area contributed by atoms with E-state index in [1.54, 1.807) is 6.07 Å². The van der Waals surface area contributed by atoms with Crippen molar-refractivity contribution in [3.63, 3.8) is 0 Å². The maximum Gasteiger partial charge on any atom is 0.225 e. The van der Waals surface area contributed by atoms with E-state index < -0.39 is 0 Å². The minimum atomic E-state index is 0.405. The van der Waals surface area contributed by atoms with Crippen molar-refractivity contribution < 1.29 is 0 Å². The number of aromatic nitrogens is 3. The van der Waals surface area contributed by atoms with Gasteiger partial charge in [-0.05, 0) is 80.6 Å². The average Bonchev–Trinajstić information content (AvgIpc) is 3.32. The molecule has 8 heteroatoms. The highest BCUT2D eigenvalue weighted by Gasteiger charge is 2.22. The summed E-state index contributed by atoms with van der Waals surface area (Å²) in [6, 6.07) is 18.4. The van der Waals surface area contributed by atoms with E-state index in [4.69, 9.17) is 33.2 Å². The van der Waals surface area contributed by atoms with Gasteiger partial charge in [0.2, 0.25) is 5.95 Å². The van der Waals surface area contributed by atoms with Crippen LogP contribution in [-0.4, -0.2) is 41.2 Å². The molecule has 0 amide bonds. The molecule has 0 aliphatic heterocycles. The molecule has 2 N–H and O–H groups in total. The number of nitrogens with one attached hydrogen (secondary N) is 2. The van der Waals surface area contributed by atoms with Crippen molar-refractivity contribution in [1.82, 2.24) is 19.9 Å². The third-order valence-electron chi connectivity index (χ3n) is 6.88. The minimum Gasteiger partial charge on any atom is -0.362 e. The first-order valence-electron chi connectivity index (χ1n) is 12.5. The molecule has 1 fully saturated rings. The van der Waals surface area contributed by atoms with Crippen LogP contribution in [-0.2, 0) is 6.54 Å². The molecule has 0 bridgehead atoms. The second kappa shape index (κ2) is 11.1. The van der Waals surface area contributed by atoms with Gasteiger partial charge in [-0.3, -0.25) is 0 Å². The molecule has 5 rings (SSSR count). The van der Waals surface area contributed by atoms with E-state index in [-0.39, 0.29) is 0 Å². The van der Waals surface area contributed by atoms with E-state index in [1.807, 2.05) is 44.6 Å². The molecule has 188 valence electrons. The van der Waals surface area contributed by atoms with Gasteiger partial charge in [0.15, 0.2) is 0 Å². The molecule has 2 heterocycles. The van der Waals surface area contributed by atoms with Gasteiger partial charge in [0.1, 0.15) is 5.82 Å². The van der Waals surface area contributed by atoms with Gasteiger partial charge in [-0.1, -0.05) is 35.3 Å². The fourth-order valence-corrected chi connectivity index (χ4v) is 5.57. The van der Waals surface area contributed by atoms with Gasteiger partial charge in [0, 0.05) is 59.7 Å². The summed E-state index contributed by atoms with van der Waals surface area (Å²) in [7, 11) is 4.05. The lowest BCUT2D eigenvalue weighted by atomic mass is 9.86. The van der Waals surface area contributed by atoms with Crippen molar-refractivity contribution >= 4 is 45.9 Å². The third-order valence-corrected chi connectivity index (χ3v) is 7.32. The van der Waals surface area contributed by atoms with Crippen molar-refractivity contribution in [2.45, 2.75) is 38.3 Å². The average molecular weight is 524 g/mol.